The summed E-state index contributed by atoms with van der Waals surface area (Å²) in [7, 11) is 7.36. The fourth-order valence-corrected chi connectivity index (χ4v) is 5.27. The summed E-state index contributed by atoms with van der Waals surface area (Å²) in [6.45, 7) is 0. The number of halogens is 4. The van der Waals surface area contributed by atoms with Crippen molar-refractivity contribution in [2.45, 2.75) is 0 Å². The van der Waals surface area contributed by atoms with Crippen LogP contribution in [0.15, 0.2) is 164 Å². The standard InChI is InChI=1S/C15H12N4OS.C8H7BrO.C7H8N4OS.C6H4ClNO.C6H5NO2.CH5N3S.Cl2OS/c20-14(12-7-4-8-16-9-12)18-19-15-17-13(10-21-15)11-5-2-1-3-6-11;9-6-8(10)7-4-2-1-3-5-7;8-7(13)11-10-6(12)5-2-1-3-9-4-5;7-6(9)5-2-1-3-8-4-5;8-6(9)5-2-1-3-7-4-5;2-1(5)4-3;1-4(2)3/h1-10H,(H,17,19)(H,18,20);1-5H,6H2;1-4H,(H,10,12)(H3,8,11,13);1-4H;1-4H,(H,8,9);3H2,(H3,2,4,5);. The number of carbonyl (C=O) groups excluding carboxylic acids is 4. The molecule has 0 radical (unpaired) electrons. The largest absolute Gasteiger partial charge is 0.478 e. The average molecular weight is 1170 g/mol. The summed E-state index contributed by atoms with van der Waals surface area (Å²) in [6.07, 6.45) is 12.0. The number of aromatic nitrogens is 5. The maximum absolute atomic E-state index is 11.9. The van der Waals surface area contributed by atoms with Crippen molar-refractivity contribution in [3.63, 3.8) is 0 Å². The van der Waals surface area contributed by atoms with E-state index in [1.165, 1.54) is 48.4 Å². The van der Waals surface area contributed by atoms with Gasteiger partial charge in [0.1, 0.15) is 0 Å². The van der Waals surface area contributed by atoms with Crippen LogP contribution < -0.4 is 44.4 Å². The number of carboxylic acid groups (broad SMARTS) is 1. The van der Waals surface area contributed by atoms with Gasteiger partial charge in [0.25, 0.3) is 17.1 Å². The Balaban J connectivity index is 0.000000442. The number of ketones is 1. The van der Waals surface area contributed by atoms with Crippen molar-refractivity contribution in [3.8, 4) is 11.3 Å². The third-order valence-corrected chi connectivity index (χ3v) is 8.86. The Hall–Kier alpha value is -6.94. The molecule has 0 atom stereocenters. The van der Waals surface area contributed by atoms with E-state index in [0.717, 1.165) is 16.8 Å². The van der Waals surface area contributed by atoms with E-state index in [1.54, 1.807) is 61.1 Å². The van der Waals surface area contributed by atoms with Gasteiger partial charge in [-0.1, -0.05) is 76.6 Å². The molecule has 0 bridgehead atoms. The highest BCUT2D eigenvalue weighted by molar-refractivity contribution is 9.09. The minimum Gasteiger partial charge on any atom is -0.478 e. The van der Waals surface area contributed by atoms with Crippen LogP contribution in [0.5, 0.6) is 0 Å². The van der Waals surface area contributed by atoms with Crippen LogP contribution in [0.4, 0.5) is 5.13 Å². The number of pyridine rings is 4. The summed E-state index contributed by atoms with van der Waals surface area (Å²) < 4.78 is 9.09. The number of aromatic carboxylic acids is 1. The van der Waals surface area contributed by atoms with Crippen molar-refractivity contribution < 1.29 is 33.3 Å². The number of hydrogen-bond acceptors (Lipinski definition) is 16. The number of Topliss-reactive ketones (excluding diaryl/α,β-unsaturated/α-hetero) is 1. The number of nitrogens with zero attached hydrogens (tertiary/aromatic N) is 5. The summed E-state index contributed by atoms with van der Waals surface area (Å²) in [5.74, 6) is 3.26. The van der Waals surface area contributed by atoms with Gasteiger partial charge in [-0.25, -0.2) is 19.8 Å². The van der Waals surface area contributed by atoms with Gasteiger partial charge in [-0.15, -0.1) is 11.3 Å². The molecule has 0 aliphatic carbocycles. The number of carboxylic acids is 1. The van der Waals surface area contributed by atoms with E-state index in [-0.39, 0.29) is 33.4 Å². The molecule has 0 fully saturated rings. The molecule has 7 rings (SSSR count). The van der Waals surface area contributed by atoms with Gasteiger partial charge < -0.3 is 22.0 Å². The maximum atomic E-state index is 11.9. The monoisotopic (exact) mass is 1160 g/mol. The lowest BCUT2D eigenvalue weighted by Crippen LogP contribution is -2.44. The van der Waals surface area contributed by atoms with Gasteiger partial charge in [0.05, 0.1) is 33.3 Å². The molecule has 71 heavy (non-hydrogen) atoms. The number of rotatable bonds is 9. The molecule has 372 valence electrons. The normalized spacial score (nSPS) is 9.15. The van der Waals surface area contributed by atoms with E-state index >= 15 is 0 Å². The molecular formula is C43H41BrCl3N13O7S4. The fraction of sp³-hybridized carbons (Fsp3) is 0.0233. The molecule has 0 aliphatic heterocycles. The molecule has 0 saturated carbocycles. The first-order chi connectivity index (χ1) is 34.0. The lowest BCUT2D eigenvalue weighted by molar-refractivity contribution is 0.0695. The van der Waals surface area contributed by atoms with Crippen LogP contribution in [-0.4, -0.2) is 78.6 Å². The number of anilines is 1. The first-order valence-electron chi connectivity index (χ1n) is 19.1. The molecule has 28 heteroatoms. The minimum atomic E-state index is -1.67. The van der Waals surface area contributed by atoms with Gasteiger partial charge in [0.15, 0.2) is 16.0 Å². The molecule has 12 N–H and O–H groups in total. The van der Waals surface area contributed by atoms with Crippen LogP contribution in [0, 0.1) is 0 Å². The van der Waals surface area contributed by atoms with Crippen molar-refractivity contribution in [2.24, 2.45) is 17.3 Å². The number of thiocarbonyl (C=S) groups is 2. The second kappa shape index (κ2) is 37.9. The minimum absolute atomic E-state index is 0.0113. The van der Waals surface area contributed by atoms with Crippen LogP contribution in [0.1, 0.15) is 51.8 Å². The SMILES string of the molecule is NC(=S)NNC(=O)c1cccnc1.NNC(N)=S.O=C(CBr)c1ccccc1.O=C(Cl)c1cccnc1.O=C(NNc1nc(-c2ccccc2)cs1)c1cccnc1.O=C(O)c1cccnc1.O=S(Cl)Cl. The Morgan fingerprint density at radius 3 is 1.39 bits per heavy atom. The van der Waals surface area contributed by atoms with Gasteiger partial charge in [-0.3, -0.25) is 60.8 Å². The third-order valence-electron chi connectivity index (χ3n) is 7.16. The number of alkyl halides is 1. The Morgan fingerprint density at radius 2 is 1.04 bits per heavy atom. The van der Waals surface area contributed by atoms with E-state index in [2.05, 4.69) is 114 Å². The number of benzene rings is 2. The molecule has 5 aromatic heterocycles. The predicted molar refractivity (Wildman–Crippen MR) is 289 cm³/mol. The maximum Gasteiger partial charge on any atom is 0.337 e. The third kappa shape index (κ3) is 30.3. The van der Waals surface area contributed by atoms with E-state index in [4.69, 9.17) is 32.4 Å². The zero-order chi connectivity index (χ0) is 52.8. The Bertz CT molecular complexity index is 2650. The van der Waals surface area contributed by atoms with Crippen LogP contribution in [-0.2, 0) is 9.23 Å². The summed E-state index contributed by atoms with van der Waals surface area (Å²) in [4.78, 5) is 74.0. The summed E-state index contributed by atoms with van der Waals surface area (Å²) in [5.41, 5.74) is 26.2. The smallest absolute Gasteiger partial charge is 0.337 e. The summed E-state index contributed by atoms with van der Waals surface area (Å²) >= 11 is 18.4. The number of carbonyl (C=O) groups is 5. The zero-order valence-corrected chi connectivity index (χ0v) is 43.4. The molecule has 0 aliphatic rings. The van der Waals surface area contributed by atoms with E-state index in [0.29, 0.717) is 27.2 Å². The summed E-state index contributed by atoms with van der Waals surface area (Å²) in [6, 6.07) is 32.2. The van der Waals surface area contributed by atoms with Crippen molar-refractivity contribution >= 4 is 138 Å². The van der Waals surface area contributed by atoms with Crippen LogP contribution in [0.25, 0.3) is 11.3 Å². The van der Waals surface area contributed by atoms with Crippen LogP contribution in [0.2, 0.25) is 0 Å². The number of thiazole rings is 1. The predicted octanol–water partition coefficient (Wildman–Crippen LogP) is 6.76. The zero-order valence-electron chi connectivity index (χ0n) is 36.3. The van der Waals surface area contributed by atoms with Crippen LogP contribution in [0.3, 0.4) is 0 Å². The number of hydrogen-bond donors (Lipinski definition) is 9. The molecule has 2 amide bonds. The first kappa shape index (κ1) is 62.1. The number of nitrogens with two attached hydrogens (primary N) is 3. The molecule has 2 aromatic carbocycles. The number of hydrazine groups is 3. The molecule has 0 spiro atoms. The molecule has 0 unspecified atom stereocenters. The molecule has 0 saturated heterocycles. The lowest BCUT2D eigenvalue weighted by atomic mass is 10.2. The second-order valence-corrected chi connectivity index (χ2v) is 17.3. The highest BCUT2D eigenvalue weighted by atomic mass is 79.9. The highest BCUT2D eigenvalue weighted by Gasteiger charge is 2.08. The van der Waals surface area contributed by atoms with Gasteiger partial charge in [0.2, 0.25) is 14.4 Å². The summed E-state index contributed by atoms with van der Waals surface area (Å²) in [5, 5.41) is 11.0. The first-order valence-corrected chi connectivity index (χ1v) is 25.1. The van der Waals surface area contributed by atoms with Gasteiger partial charge >= 0.3 is 5.97 Å². The molecule has 7 aromatic rings. The average Bonchev–Trinajstić information content (AvgIpc) is 3.88. The highest BCUT2D eigenvalue weighted by Crippen LogP contribution is 2.24. The van der Waals surface area contributed by atoms with Crippen molar-refractivity contribution in [3.05, 3.63) is 192 Å². The molecule has 5 heterocycles. The Kier molecular flexibility index (Phi) is 33.1. The Morgan fingerprint density at radius 1 is 0.634 bits per heavy atom. The van der Waals surface area contributed by atoms with E-state index < -0.39 is 20.4 Å². The Labute approximate surface area is 446 Å². The molecular weight excluding hydrogens is 1130 g/mol. The van der Waals surface area contributed by atoms with Crippen molar-refractivity contribution in [1.29, 1.82) is 0 Å². The van der Waals surface area contributed by atoms with Crippen LogP contribution >= 0.6 is 84.7 Å². The second-order valence-electron chi connectivity index (χ2n) is 12.1. The quantitative estimate of drug-likeness (QED) is 0.0180. The molecule has 20 nitrogen and oxygen atoms in total. The number of nitrogens with one attached hydrogen (secondary N) is 5. The van der Waals surface area contributed by atoms with E-state index in [1.807, 2.05) is 71.5 Å². The lowest BCUT2D eigenvalue weighted by Gasteiger charge is -2.04. The van der Waals surface area contributed by atoms with Gasteiger partial charge in [-0.05, 0) is 84.6 Å². The number of amides is 2. The van der Waals surface area contributed by atoms with Crippen molar-refractivity contribution in [2.75, 3.05) is 10.8 Å². The fourth-order valence-electron chi connectivity index (χ4n) is 4.11. The van der Waals surface area contributed by atoms with E-state index in [9.17, 15) is 24.0 Å². The van der Waals surface area contributed by atoms with Gasteiger partial charge in [0, 0.05) is 87.4 Å². The van der Waals surface area contributed by atoms with Gasteiger partial charge in [-0.2, -0.15) is 0 Å². The topological polar surface area (TPSA) is 325 Å². The van der Waals surface area contributed by atoms with Crippen molar-refractivity contribution in [1.82, 2.24) is 46.6 Å².